The van der Waals surface area contributed by atoms with Gasteiger partial charge in [-0.2, -0.15) is 0 Å². The van der Waals surface area contributed by atoms with E-state index in [9.17, 15) is 13.2 Å². The van der Waals surface area contributed by atoms with Crippen LogP contribution in [0.4, 0.5) is 5.69 Å². The number of anilines is 1. The van der Waals surface area contributed by atoms with E-state index in [-0.39, 0.29) is 6.42 Å². The predicted molar refractivity (Wildman–Crippen MR) is 81.4 cm³/mol. The minimum absolute atomic E-state index is 0.213. The van der Waals surface area contributed by atoms with Crippen LogP contribution >= 0.6 is 0 Å². The smallest absolute Gasteiger partial charge is 0.303 e. The fourth-order valence-corrected chi connectivity index (χ4v) is 3.72. The van der Waals surface area contributed by atoms with Crippen molar-refractivity contribution in [3.05, 3.63) is 24.3 Å². The van der Waals surface area contributed by atoms with E-state index in [4.69, 9.17) is 5.11 Å². The molecule has 6 heteroatoms. The number of hydrogen-bond donors (Lipinski definition) is 1. The third-order valence-corrected chi connectivity index (χ3v) is 5.13. The van der Waals surface area contributed by atoms with Gasteiger partial charge >= 0.3 is 5.97 Å². The van der Waals surface area contributed by atoms with Crippen molar-refractivity contribution in [1.29, 1.82) is 0 Å². The van der Waals surface area contributed by atoms with Gasteiger partial charge in [0, 0.05) is 25.8 Å². The molecule has 21 heavy (non-hydrogen) atoms. The van der Waals surface area contributed by atoms with E-state index in [2.05, 4.69) is 4.90 Å². The van der Waals surface area contributed by atoms with Crippen LogP contribution in [0.25, 0.3) is 0 Å². The minimum Gasteiger partial charge on any atom is -0.481 e. The number of piperidine rings is 1. The highest BCUT2D eigenvalue weighted by molar-refractivity contribution is 7.90. The fraction of sp³-hybridized carbons (Fsp3) is 0.533. The third-order valence-electron chi connectivity index (χ3n) is 3.99. The summed E-state index contributed by atoms with van der Waals surface area (Å²) in [5.74, 6) is -0.331. The molecule has 116 valence electrons. The van der Waals surface area contributed by atoms with E-state index in [0.717, 1.165) is 31.6 Å². The highest BCUT2D eigenvalue weighted by atomic mass is 32.2. The molecule has 1 aliphatic heterocycles. The van der Waals surface area contributed by atoms with Crippen LogP contribution < -0.4 is 4.90 Å². The Labute approximate surface area is 125 Å². The first-order valence-corrected chi connectivity index (χ1v) is 9.03. The predicted octanol–water partition coefficient (Wildman–Crippen LogP) is 2.17. The number of hydrogen-bond acceptors (Lipinski definition) is 4. The van der Waals surface area contributed by atoms with Gasteiger partial charge in [-0.15, -0.1) is 0 Å². The van der Waals surface area contributed by atoms with Crippen LogP contribution in [-0.4, -0.2) is 38.8 Å². The Balaban J connectivity index is 2.05. The molecule has 1 fully saturated rings. The summed E-state index contributed by atoms with van der Waals surface area (Å²) in [6, 6.07) is 7.06. The minimum atomic E-state index is -3.24. The number of para-hydroxylation sites is 1. The maximum Gasteiger partial charge on any atom is 0.303 e. The molecule has 1 aliphatic rings. The van der Waals surface area contributed by atoms with Crippen LogP contribution in [-0.2, 0) is 14.6 Å². The molecule has 0 amide bonds. The lowest BCUT2D eigenvalue weighted by Gasteiger charge is -2.34. The van der Waals surface area contributed by atoms with Gasteiger partial charge in [0.1, 0.15) is 0 Å². The molecule has 0 radical (unpaired) electrons. The van der Waals surface area contributed by atoms with Gasteiger partial charge in [0.2, 0.25) is 0 Å². The van der Waals surface area contributed by atoms with Crippen molar-refractivity contribution in [2.45, 2.75) is 30.6 Å². The van der Waals surface area contributed by atoms with Crippen LogP contribution in [0.5, 0.6) is 0 Å². The molecule has 1 aromatic carbocycles. The lowest BCUT2D eigenvalue weighted by Crippen LogP contribution is -2.34. The SMILES string of the molecule is CS(=O)(=O)c1ccccc1N1CCC(CCC(=O)O)CC1. The molecular weight excluding hydrogens is 290 g/mol. The van der Waals surface area contributed by atoms with E-state index >= 15 is 0 Å². The molecule has 0 aromatic heterocycles. The molecule has 2 rings (SSSR count). The molecule has 1 aromatic rings. The number of carboxylic acid groups (broad SMARTS) is 1. The van der Waals surface area contributed by atoms with Gasteiger partial charge in [0.25, 0.3) is 0 Å². The third kappa shape index (κ3) is 4.20. The van der Waals surface area contributed by atoms with Crippen molar-refractivity contribution < 1.29 is 18.3 Å². The Bertz CT molecular complexity index is 604. The molecule has 0 atom stereocenters. The normalized spacial score (nSPS) is 16.9. The standard InChI is InChI=1S/C15H21NO4S/c1-21(19,20)14-5-3-2-4-13(14)16-10-8-12(9-11-16)6-7-15(17)18/h2-5,12H,6-11H2,1H3,(H,17,18). The highest BCUT2D eigenvalue weighted by Gasteiger charge is 2.23. The number of carbonyl (C=O) groups is 1. The van der Waals surface area contributed by atoms with Gasteiger partial charge in [-0.05, 0) is 37.3 Å². The van der Waals surface area contributed by atoms with Gasteiger partial charge in [-0.3, -0.25) is 4.79 Å². The van der Waals surface area contributed by atoms with Gasteiger partial charge in [-0.1, -0.05) is 12.1 Å². The van der Waals surface area contributed by atoms with E-state index in [1.54, 1.807) is 12.1 Å². The molecule has 0 spiro atoms. The molecule has 1 N–H and O–H groups in total. The maximum atomic E-state index is 11.8. The van der Waals surface area contributed by atoms with E-state index < -0.39 is 15.8 Å². The van der Waals surface area contributed by atoms with Gasteiger partial charge in [0.15, 0.2) is 9.84 Å². The van der Waals surface area contributed by atoms with Crippen LogP contribution in [0.15, 0.2) is 29.2 Å². The van der Waals surface area contributed by atoms with Gasteiger partial charge in [-0.25, -0.2) is 8.42 Å². The van der Waals surface area contributed by atoms with E-state index in [1.165, 1.54) is 6.26 Å². The molecular formula is C15H21NO4S. The quantitative estimate of drug-likeness (QED) is 0.902. The average Bonchev–Trinajstić information content (AvgIpc) is 2.45. The van der Waals surface area contributed by atoms with Crippen molar-refractivity contribution in [2.24, 2.45) is 5.92 Å². The van der Waals surface area contributed by atoms with Crippen LogP contribution in [0.2, 0.25) is 0 Å². The number of rotatable bonds is 5. The second-order valence-corrected chi connectivity index (χ2v) is 7.59. The Kier molecular flexibility index (Phi) is 4.88. The Morgan fingerprint density at radius 2 is 1.90 bits per heavy atom. The zero-order chi connectivity index (χ0) is 15.5. The lowest BCUT2D eigenvalue weighted by atomic mass is 9.92. The highest BCUT2D eigenvalue weighted by Crippen LogP contribution is 2.30. The van der Waals surface area contributed by atoms with Crippen LogP contribution in [0.3, 0.4) is 0 Å². The second-order valence-electron chi connectivity index (χ2n) is 5.60. The second kappa shape index (κ2) is 6.47. The van der Waals surface area contributed by atoms with Crippen molar-refractivity contribution in [3.63, 3.8) is 0 Å². The van der Waals surface area contributed by atoms with Crippen molar-refractivity contribution in [3.8, 4) is 0 Å². The van der Waals surface area contributed by atoms with Gasteiger partial charge < -0.3 is 10.0 Å². The molecule has 1 heterocycles. The van der Waals surface area contributed by atoms with Gasteiger partial charge in [0.05, 0.1) is 10.6 Å². The summed E-state index contributed by atoms with van der Waals surface area (Å²) in [5, 5.41) is 8.72. The first-order chi connectivity index (χ1) is 9.88. The van der Waals surface area contributed by atoms with Crippen molar-refractivity contribution in [2.75, 3.05) is 24.2 Å². The summed E-state index contributed by atoms with van der Waals surface area (Å²) in [4.78, 5) is 13.1. The molecule has 1 saturated heterocycles. The topological polar surface area (TPSA) is 74.7 Å². The van der Waals surface area contributed by atoms with Crippen LogP contribution in [0.1, 0.15) is 25.7 Å². The number of nitrogens with zero attached hydrogens (tertiary/aromatic N) is 1. The molecule has 0 saturated carbocycles. The Morgan fingerprint density at radius 3 is 2.48 bits per heavy atom. The average molecular weight is 311 g/mol. The molecule has 0 aliphatic carbocycles. The Morgan fingerprint density at radius 1 is 1.29 bits per heavy atom. The summed E-state index contributed by atoms with van der Waals surface area (Å²) >= 11 is 0. The number of sulfone groups is 1. The summed E-state index contributed by atoms with van der Waals surface area (Å²) in [5.41, 5.74) is 0.761. The fourth-order valence-electron chi connectivity index (χ4n) is 2.82. The summed E-state index contributed by atoms with van der Waals surface area (Å²) in [6.07, 6.45) is 3.96. The van der Waals surface area contributed by atoms with Crippen LogP contribution in [0, 0.1) is 5.92 Å². The zero-order valence-electron chi connectivity index (χ0n) is 12.2. The largest absolute Gasteiger partial charge is 0.481 e. The van der Waals surface area contributed by atoms with E-state index in [1.807, 2.05) is 12.1 Å². The molecule has 5 nitrogen and oxygen atoms in total. The van der Waals surface area contributed by atoms with Crippen molar-refractivity contribution >= 4 is 21.5 Å². The summed E-state index contributed by atoms with van der Waals surface area (Å²) in [6.45, 7) is 1.55. The number of benzene rings is 1. The molecule has 0 unspecified atom stereocenters. The molecule has 0 bridgehead atoms. The first-order valence-electron chi connectivity index (χ1n) is 7.14. The number of carboxylic acids is 1. The lowest BCUT2D eigenvalue weighted by molar-refractivity contribution is -0.137. The monoisotopic (exact) mass is 311 g/mol. The number of aliphatic carboxylic acids is 1. The van der Waals surface area contributed by atoms with E-state index in [0.29, 0.717) is 17.2 Å². The Hall–Kier alpha value is -1.56. The summed E-state index contributed by atoms with van der Waals surface area (Å²) in [7, 11) is -3.24. The summed E-state index contributed by atoms with van der Waals surface area (Å²) < 4.78 is 23.7. The van der Waals surface area contributed by atoms with Crippen molar-refractivity contribution in [1.82, 2.24) is 0 Å². The zero-order valence-corrected chi connectivity index (χ0v) is 13.0. The maximum absolute atomic E-state index is 11.8. The first kappa shape index (κ1) is 15.8.